The molecule has 4 heteroatoms. The van der Waals surface area contributed by atoms with E-state index in [-0.39, 0.29) is 0 Å². The third-order valence-electron chi connectivity index (χ3n) is 5.59. The minimum Gasteiger partial charge on any atom is -0.452 e. The maximum atomic E-state index is 6.27. The lowest BCUT2D eigenvalue weighted by molar-refractivity contribution is -0.101. The Morgan fingerprint density at radius 3 is 0.955 bits per heavy atom. The van der Waals surface area contributed by atoms with Crippen molar-refractivity contribution in [2.45, 2.75) is 98.4 Å². The maximum Gasteiger partial charge on any atom is 0.906 e. The van der Waals surface area contributed by atoms with Crippen molar-refractivity contribution in [1.82, 2.24) is 0 Å². The van der Waals surface area contributed by atoms with Gasteiger partial charge in [-0.05, 0) is 54.8 Å². The van der Waals surface area contributed by atoms with Crippen molar-refractivity contribution in [2.24, 2.45) is 16.2 Å². The molecule has 3 saturated carbocycles. The van der Waals surface area contributed by atoms with Crippen LogP contribution in [0.4, 0.5) is 0 Å². The summed E-state index contributed by atoms with van der Waals surface area (Å²) in [4.78, 5) is 0. The van der Waals surface area contributed by atoms with Crippen LogP contribution in [-0.4, -0.2) is 33.5 Å². The zero-order chi connectivity index (χ0) is 16.2. The Hall–Kier alpha value is 0.412. The summed E-state index contributed by atoms with van der Waals surface area (Å²) in [5, 5.41) is 0. The highest BCUT2D eigenvalue weighted by atomic mass is 27.3. The molecule has 0 spiro atoms. The molecule has 3 nitrogen and oxygen atoms in total. The Morgan fingerprint density at radius 2 is 0.773 bits per heavy atom. The molecule has 0 heterocycles. The van der Waals surface area contributed by atoms with Crippen LogP contribution in [0, 0.1) is 16.2 Å². The second-order valence-corrected chi connectivity index (χ2v) is 11.7. The van der Waals surface area contributed by atoms with Gasteiger partial charge in [0.05, 0.1) is 0 Å². The van der Waals surface area contributed by atoms with Gasteiger partial charge < -0.3 is 11.4 Å². The Labute approximate surface area is 141 Å². The summed E-state index contributed by atoms with van der Waals surface area (Å²) in [7, 11) is 0. The number of hydrogen-bond donors (Lipinski definition) is 0. The molecule has 0 unspecified atom stereocenters. The molecule has 3 fully saturated rings. The third-order valence-corrected chi connectivity index (χ3v) is 7.41. The molecule has 0 aromatic heterocycles. The van der Waals surface area contributed by atoms with Crippen molar-refractivity contribution in [2.75, 3.05) is 0 Å². The molecule has 0 atom stereocenters. The van der Waals surface area contributed by atoms with E-state index in [0.29, 0.717) is 34.6 Å². The molecule has 22 heavy (non-hydrogen) atoms. The monoisotopic (exact) mass is 324 g/mol. The molecule has 0 amide bonds. The van der Waals surface area contributed by atoms with Crippen LogP contribution in [0.3, 0.4) is 0 Å². The molecule has 0 saturated heterocycles. The third kappa shape index (κ3) is 4.28. The van der Waals surface area contributed by atoms with Crippen molar-refractivity contribution < 1.29 is 11.4 Å². The van der Waals surface area contributed by atoms with Crippen molar-refractivity contribution in [3.8, 4) is 0 Å². The number of rotatable bonds is 6. The Morgan fingerprint density at radius 1 is 0.545 bits per heavy atom. The van der Waals surface area contributed by atoms with Gasteiger partial charge in [-0.1, -0.05) is 41.5 Å². The van der Waals surface area contributed by atoms with E-state index in [9.17, 15) is 0 Å². The minimum absolute atomic E-state index is 0.368. The summed E-state index contributed by atoms with van der Waals surface area (Å²) in [6, 6.07) is 0. The van der Waals surface area contributed by atoms with Crippen molar-refractivity contribution in [3.63, 3.8) is 0 Å². The van der Waals surface area contributed by atoms with Crippen LogP contribution >= 0.6 is 0 Å². The average molecular weight is 324 g/mol. The lowest BCUT2D eigenvalue weighted by Gasteiger charge is -2.48. The normalized spacial score (nSPS) is 30.3. The highest BCUT2D eigenvalue weighted by Gasteiger charge is 2.50. The molecule has 126 valence electrons. The maximum absolute atomic E-state index is 6.27. The van der Waals surface area contributed by atoms with E-state index >= 15 is 0 Å². The Kier molecular flexibility index (Phi) is 4.50. The smallest absolute Gasteiger partial charge is 0.452 e. The topological polar surface area (TPSA) is 27.7 Å². The minimum atomic E-state index is -1.98. The van der Waals surface area contributed by atoms with Gasteiger partial charge in [-0.3, -0.25) is 0 Å². The van der Waals surface area contributed by atoms with Crippen LogP contribution in [0.15, 0.2) is 0 Å². The summed E-state index contributed by atoms with van der Waals surface area (Å²) in [6.07, 6.45) is 8.00. The first kappa shape index (κ1) is 17.2. The van der Waals surface area contributed by atoms with Crippen LogP contribution in [-0.2, 0) is 11.4 Å². The quantitative estimate of drug-likeness (QED) is 0.669. The van der Waals surface area contributed by atoms with E-state index < -0.39 is 15.1 Å². The lowest BCUT2D eigenvalue weighted by atomic mass is 9.70. The molecule has 0 aromatic carbocycles. The van der Waals surface area contributed by atoms with E-state index in [0.717, 1.165) is 38.5 Å². The first-order valence-corrected chi connectivity index (χ1v) is 10.4. The standard InChI is InChI=1S/3C6H11O.Al/c3*1-6(2)3-5(7)4-6;/h3*5H,3-4H2,1-2H3;/q3*-1;+3. The van der Waals surface area contributed by atoms with Crippen molar-refractivity contribution in [1.29, 1.82) is 0 Å². The molecule has 3 aliphatic rings. The van der Waals surface area contributed by atoms with Gasteiger partial charge in [-0.2, -0.15) is 0 Å². The van der Waals surface area contributed by atoms with Crippen molar-refractivity contribution >= 4 is 15.1 Å². The van der Waals surface area contributed by atoms with Gasteiger partial charge in [-0.15, -0.1) is 0 Å². The van der Waals surface area contributed by atoms with E-state index in [1.54, 1.807) is 0 Å². The van der Waals surface area contributed by atoms with Gasteiger partial charge in [0.25, 0.3) is 0 Å². The molecule has 3 rings (SSSR count). The second kappa shape index (κ2) is 5.74. The van der Waals surface area contributed by atoms with E-state index in [1.165, 1.54) is 0 Å². The van der Waals surface area contributed by atoms with Crippen LogP contribution in [0.5, 0.6) is 0 Å². The molecule has 3 aliphatic carbocycles. The first-order chi connectivity index (χ1) is 10.0. The van der Waals surface area contributed by atoms with Gasteiger partial charge in [0, 0.05) is 18.3 Å². The molecule has 0 aromatic rings. The van der Waals surface area contributed by atoms with Gasteiger partial charge in [0.2, 0.25) is 0 Å². The molecule has 0 aliphatic heterocycles. The lowest BCUT2D eigenvalue weighted by Crippen LogP contribution is -2.50. The predicted molar refractivity (Wildman–Crippen MR) is 89.4 cm³/mol. The average Bonchev–Trinajstić information content (AvgIpc) is 2.20. The Bertz CT molecular complexity index is 333. The molecular formula is C18H33AlO3. The largest absolute Gasteiger partial charge is 0.906 e. The van der Waals surface area contributed by atoms with Crippen LogP contribution in [0.2, 0.25) is 0 Å². The Balaban J connectivity index is 1.47. The summed E-state index contributed by atoms with van der Waals surface area (Å²) < 4.78 is 18.8. The van der Waals surface area contributed by atoms with Crippen molar-refractivity contribution in [3.05, 3.63) is 0 Å². The summed E-state index contributed by atoms with van der Waals surface area (Å²) in [5.74, 6) is 0. The number of hydrogen-bond acceptors (Lipinski definition) is 3. The van der Waals surface area contributed by atoms with E-state index in [1.807, 2.05) is 0 Å². The van der Waals surface area contributed by atoms with E-state index in [2.05, 4.69) is 41.5 Å². The molecule has 0 radical (unpaired) electrons. The SMILES string of the molecule is CC1(C)CC([O][Al]([O]C2CC(C)(C)C2)[O]C2CC(C)(C)C2)C1. The highest BCUT2D eigenvalue weighted by Crippen LogP contribution is 2.46. The summed E-state index contributed by atoms with van der Waals surface area (Å²) >= 11 is -1.98. The summed E-state index contributed by atoms with van der Waals surface area (Å²) in [6.45, 7) is 13.9. The van der Waals surface area contributed by atoms with Gasteiger partial charge in [0.1, 0.15) is 0 Å². The van der Waals surface area contributed by atoms with E-state index in [4.69, 9.17) is 11.4 Å². The zero-order valence-corrected chi connectivity index (χ0v) is 16.4. The zero-order valence-electron chi connectivity index (χ0n) is 15.3. The summed E-state index contributed by atoms with van der Waals surface area (Å²) in [5.41, 5.74) is 1.33. The molecule has 0 bridgehead atoms. The van der Waals surface area contributed by atoms with Crippen LogP contribution in [0.1, 0.15) is 80.1 Å². The first-order valence-electron chi connectivity index (χ1n) is 8.99. The highest BCUT2D eigenvalue weighted by molar-refractivity contribution is 6.36. The van der Waals surface area contributed by atoms with Crippen LogP contribution in [0.25, 0.3) is 0 Å². The van der Waals surface area contributed by atoms with Gasteiger partial charge in [-0.25, -0.2) is 0 Å². The fourth-order valence-corrected chi connectivity index (χ4v) is 6.09. The molecule has 0 N–H and O–H groups in total. The van der Waals surface area contributed by atoms with Gasteiger partial charge in [0.15, 0.2) is 0 Å². The fourth-order valence-electron chi connectivity index (χ4n) is 4.37. The fraction of sp³-hybridized carbons (Fsp3) is 1.00. The molecular weight excluding hydrogens is 291 g/mol. The van der Waals surface area contributed by atoms with Crippen LogP contribution < -0.4 is 0 Å². The van der Waals surface area contributed by atoms with Gasteiger partial charge >= 0.3 is 15.1 Å². The predicted octanol–water partition coefficient (Wildman–Crippen LogP) is 4.59. The second-order valence-electron chi connectivity index (χ2n) is 10.3.